The minimum atomic E-state index is -0.322. The zero-order valence-corrected chi connectivity index (χ0v) is 16.6. The molecule has 146 valence electrons. The Bertz CT molecular complexity index is 1020. The number of pyridine rings is 1. The van der Waals surface area contributed by atoms with Crippen molar-refractivity contribution in [2.75, 3.05) is 13.1 Å². The van der Waals surface area contributed by atoms with Crippen LogP contribution in [-0.2, 0) is 4.79 Å². The number of nitrogens with zero attached hydrogens (tertiary/aromatic N) is 3. The largest absolute Gasteiger partial charge is 0.355 e. The SMILES string of the molecule is CCNC(=O)CNC(=O)c1cc(-c2ccccc2C)nc2c1cnn2C(C)C. The number of carbonyl (C=O) groups excluding carboxylic acids is 2. The third kappa shape index (κ3) is 3.88. The monoisotopic (exact) mass is 379 g/mol. The fourth-order valence-corrected chi connectivity index (χ4v) is 3.10. The Balaban J connectivity index is 2.09. The summed E-state index contributed by atoms with van der Waals surface area (Å²) in [5.74, 6) is -0.546. The van der Waals surface area contributed by atoms with Crippen molar-refractivity contribution in [3.05, 3.63) is 47.7 Å². The summed E-state index contributed by atoms with van der Waals surface area (Å²) in [7, 11) is 0. The van der Waals surface area contributed by atoms with Gasteiger partial charge in [0.1, 0.15) is 0 Å². The Kier molecular flexibility index (Phi) is 5.73. The van der Waals surface area contributed by atoms with Crippen LogP contribution in [0.15, 0.2) is 36.5 Å². The maximum atomic E-state index is 12.9. The van der Waals surface area contributed by atoms with Gasteiger partial charge in [0.25, 0.3) is 5.91 Å². The van der Waals surface area contributed by atoms with Crippen LogP contribution in [-0.4, -0.2) is 39.7 Å². The van der Waals surface area contributed by atoms with Crippen LogP contribution in [0.1, 0.15) is 42.7 Å². The van der Waals surface area contributed by atoms with Crippen molar-refractivity contribution < 1.29 is 9.59 Å². The second-order valence-corrected chi connectivity index (χ2v) is 6.93. The summed E-state index contributed by atoms with van der Waals surface area (Å²) in [6, 6.07) is 9.78. The maximum absolute atomic E-state index is 12.9. The van der Waals surface area contributed by atoms with E-state index < -0.39 is 0 Å². The van der Waals surface area contributed by atoms with Gasteiger partial charge in [-0.15, -0.1) is 0 Å². The first-order valence-corrected chi connectivity index (χ1v) is 9.41. The number of carbonyl (C=O) groups is 2. The molecule has 0 saturated carbocycles. The van der Waals surface area contributed by atoms with Crippen LogP contribution in [0.3, 0.4) is 0 Å². The summed E-state index contributed by atoms with van der Waals surface area (Å²) >= 11 is 0. The average molecular weight is 379 g/mol. The van der Waals surface area contributed by atoms with Gasteiger partial charge in [-0.3, -0.25) is 9.59 Å². The van der Waals surface area contributed by atoms with Gasteiger partial charge in [-0.1, -0.05) is 24.3 Å². The van der Waals surface area contributed by atoms with Gasteiger partial charge < -0.3 is 10.6 Å². The number of likely N-dealkylation sites (N-methyl/N-ethyl adjacent to an activating group) is 1. The van der Waals surface area contributed by atoms with Gasteiger partial charge in [0, 0.05) is 18.2 Å². The summed E-state index contributed by atoms with van der Waals surface area (Å²) in [4.78, 5) is 29.4. The lowest BCUT2D eigenvalue weighted by atomic mass is 10.0. The number of rotatable bonds is 6. The highest BCUT2D eigenvalue weighted by atomic mass is 16.2. The maximum Gasteiger partial charge on any atom is 0.252 e. The smallest absolute Gasteiger partial charge is 0.252 e. The summed E-state index contributed by atoms with van der Waals surface area (Å²) in [6.07, 6.45) is 1.66. The van der Waals surface area contributed by atoms with Crippen LogP contribution >= 0.6 is 0 Å². The average Bonchev–Trinajstić information content (AvgIpc) is 3.10. The zero-order valence-electron chi connectivity index (χ0n) is 16.6. The normalized spacial score (nSPS) is 11.0. The predicted octanol–water partition coefficient (Wildman–Crippen LogP) is 2.85. The molecule has 0 aliphatic heterocycles. The lowest BCUT2D eigenvalue weighted by Crippen LogP contribution is -2.36. The molecule has 3 rings (SSSR count). The van der Waals surface area contributed by atoms with E-state index in [1.807, 2.05) is 52.0 Å². The molecule has 0 aliphatic rings. The van der Waals surface area contributed by atoms with E-state index in [1.54, 1.807) is 16.9 Å². The fraction of sp³-hybridized carbons (Fsp3) is 0.333. The van der Waals surface area contributed by atoms with Gasteiger partial charge in [-0.05, 0) is 39.3 Å². The van der Waals surface area contributed by atoms with Crippen molar-refractivity contribution in [1.29, 1.82) is 0 Å². The van der Waals surface area contributed by atoms with E-state index in [4.69, 9.17) is 4.98 Å². The number of aromatic nitrogens is 3. The first kappa shape index (κ1) is 19.5. The number of aryl methyl sites for hydroxylation is 1. The van der Waals surface area contributed by atoms with E-state index in [9.17, 15) is 9.59 Å². The van der Waals surface area contributed by atoms with Crippen LogP contribution in [0.2, 0.25) is 0 Å². The Hall–Kier alpha value is -3.22. The fourth-order valence-electron chi connectivity index (χ4n) is 3.10. The van der Waals surface area contributed by atoms with E-state index in [0.717, 1.165) is 11.1 Å². The Morgan fingerprint density at radius 3 is 2.61 bits per heavy atom. The summed E-state index contributed by atoms with van der Waals surface area (Å²) in [6.45, 7) is 8.32. The third-order valence-corrected chi connectivity index (χ3v) is 4.50. The van der Waals surface area contributed by atoms with Gasteiger partial charge in [0.05, 0.1) is 29.4 Å². The Morgan fingerprint density at radius 1 is 1.18 bits per heavy atom. The molecule has 0 bridgehead atoms. The van der Waals surface area contributed by atoms with Gasteiger partial charge in [0.15, 0.2) is 5.65 Å². The summed E-state index contributed by atoms with van der Waals surface area (Å²) < 4.78 is 1.80. The standard InChI is InChI=1S/C21H25N5O2/c1-5-22-19(27)12-23-21(28)16-10-18(15-9-7-6-8-14(15)4)25-20-17(16)11-24-26(20)13(2)3/h6-11,13H,5,12H2,1-4H3,(H,22,27)(H,23,28). The molecular formula is C21H25N5O2. The van der Waals surface area contributed by atoms with Crippen molar-refractivity contribution in [3.8, 4) is 11.3 Å². The molecule has 0 aliphatic carbocycles. The van der Waals surface area contributed by atoms with E-state index >= 15 is 0 Å². The first-order chi connectivity index (χ1) is 13.4. The number of hydrogen-bond donors (Lipinski definition) is 2. The molecule has 2 amide bonds. The molecule has 0 atom stereocenters. The molecule has 0 saturated heterocycles. The number of hydrogen-bond acceptors (Lipinski definition) is 4. The predicted molar refractivity (Wildman–Crippen MR) is 109 cm³/mol. The topological polar surface area (TPSA) is 88.9 Å². The molecular weight excluding hydrogens is 354 g/mol. The lowest BCUT2D eigenvalue weighted by Gasteiger charge is -2.12. The molecule has 7 nitrogen and oxygen atoms in total. The van der Waals surface area contributed by atoms with Crippen LogP contribution in [0, 0.1) is 6.92 Å². The molecule has 28 heavy (non-hydrogen) atoms. The van der Waals surface area contributed by atoms with Crippen LogP contribution in [0.25, 0.3) is 22.3 Å². The Labute approximate surface area is 164 Å². The van der Waals surface area contributed by atoms with Crippen LogP contribution in [0.5, 0.6) is 0 Å². The van der Waals surface area contributed by atoms with Gasteiger partial charge in [0.2, 0.25) is 5.91 Å². The van der Waals surface area contributed by atoms with Gasteiger partial charge in [-0.25, -0.2) is 9.67 Å². The van der Waals surface area contributed by atoms with Gasteiger partial charge in [-0.2, -0.15) is 5.10 Å². The van der Waals surface area contributed by atoms with Crippen molar-refractivity contribution >= 4 is 22.8 Å². The highest BCUT2D eigenvalue weighted by molar-refractivity contribution is 6.07. The van der Waals surface area contributed by atoms with Crippen molar-refractivity contribution in [2.24, 2.45) is 0 Å². The molecule has 0 radical (unpaired) electrons. The number of nitrogens with one attached hydrogen (secondary N) is 2. The minimum Gasteiger partial charge on any atom is -0.355 e. The minimum absolute atomic E-state index is 0.0749. The number of fused-ring (bicyclic) bond motifs is 1. The number of amides is 2. The zero-order chi connectivity index (χ0) is 20.3. The molecule has 1 aromatic carbocycles. The third-order valence-electron chi connectivity index (χ3n) is 4.50. The Morgan fingerprint density at radius 2 is 1.93 bits per heavy atom. The molecule has 0 spiro atoms. The molecule has 0 unspecified atom stereocenters. The van der Waals surface area contributed by atoms with Crippen molar-refractivity contribution in [3.63, 3.8) is 0 Å². The molecule has 3 aromatic rings. The molecule has 2 aromatic heterocycles. The summed E-state index contributed by atoms with van der Waals surface area (Å²) in [5.41, 5.74) is 3.84. The van der Waals surface area contributed by atoms with E-state index in [2.05, 4.69) is 15.7 Å². The molecule has 7 heteroatoms. The second-order valence-electron chi connectivity index (χ2n) is 6.93. The molecule has 2 N–H and O–H groups in total. The highest BCUT2D eigenvalue weighted by Crippen LogP contribution is 2.28. The quantitative estimate of drug-likeness (QED) is 0.689. The lowest BCUT2D eigenvalue weighted by molar-refractivity contribution is -0.120. The van der Waals surface area contributed by atoms with Crippen LogP contribution < -0.4 is 10.6 Å². The molecule has 0 fully saturated rings. The van der Waals surface area contributed by atoms with Crippen LogP contribution in [0.4, 0.5) is 0 Å². The highest BCUT2D eigenvalue weighted by Gasteiger charge is 2.19. The first-order valence-electron chi connectivity index (χ1n) is 9.41. The second kappa shape index (κ2) is 8.21. The van der Waals surface area contributed by atoms with Crippen molar-refractivity contribution in [1.82, 2.24) is 25.4 Å². The number of benzene rings is 1. The van der Waals surface area contributed by atoms with E-state index in [0.29, 0.717) is 28.8 Å². The van der Waals surface area contributed by atoms with Gasteiger partial charge >= 0.3 is 0 Å². The van der Waals surface area contributed by atoms with E-state index in [-0.39, 0.29) is 24.4 Å². The van der Waals surface area contributed by atoms with Crippen molar-refractivity contribution in [2.45, 2.75) is 33.7 Å². The van der Waals surface area contributed by atoms with E-state index in [1.165, 1.54) is 0 Å². The molecule has 2 heterocycles. The summed E-state index contributed by atoms with van der Waals surface area (Å²) in [5, 5.41) is 10.4.